The average molecular weight is 368 g/mol. The molecule has 1 aliphatic rings. The van der Waals surface area contributed by atoms with E-state index in [1.807, 2.05) is 52.2 Å². The Morgan fingerprint density at radius 3 is 3.00 bits per heavy atom. The third-order valence-electron chi connectivity index (χ3n) is 4.51. The first-order valence-electron chi connectivity index (χ1n) is 8.56. The maximum Gasteiger partial charge on any atom is 0.264 e. The largest absolute Gasteiger partial charge is 0.373 e. The van der Waals surface area contributed by atoms with Crippen LogP contribution in [-0.2, 0) is 17.9 Å². The number of hydrogen-bond acceptors (Lipinski definition) is 5. The van der Waals surface area contributed by atoms with Crippen LogP contribution in [0.2, 0.25) is 0 Å². The number of aromatic nitrogens is 3. The van der Waals surface area contributed by atoms with E-state index in [-0.39, 0.29) is 11.9 Å². The van der Waals surface area contributed by atoms with Gasteiger partial charge < -0.3 is 9.64 Å². The molecule has 0 fully saturated rings. The fourth-order valence-electron chi connectivity index (χ4n) is 3.18. The van der Waals surface area contributed by atoms with Crippen molar-refractivity contribution in [1.29, 1.82) is 0 Å². The van der Waals surface area contributed by atoms with Crippen LogP contribution in [-0.4, -0.2) is 38.7 Å². The van der Waals surface area contributed by atoms with Gasteiger partial charge in [-0.3, -0.25) is 14.5 Å². The summed E-state index contributed by atoms with van der Waals surface area (Å²) in [6, 6.07) is 9.72. The van der Waals surface area contributed by atoms with Gasteiger partial charge in [-0.1, -0.05) is 6.07 Å². The molecule has 3 aromatic heterocycles. The molecule has 1 atom stereocenters. The van der Waals surface area contributed by atoms with Crippen molar-refractivity contribution < 1.29 is 9.53 Å². The van der Waals surface area contributed by atoms with Gasteiger partial charge in [-0.05, 0) is 42.1 Å². The predicted molar refractivity (Wildman–Crippen MR) is 99.0 cm³/mol. The van der Waals surface area contributed by atoms with Gasteiger partial charge in [-0.15, -0.1) is 11.3 Å². The minimum atomic E-state index is 0.00156. The second kappa shape index (κ2) is 7.39. The highest BCUT2D eigenvalue weighted by Gasteiger charge is 2.30. The quantitative estimate of drug-likeness (QED) is 0.694. The molecule has 134 valence electrons. The molecule has 0 N–H and O–H groups in total. The topological polar surface area (TPSA) is 60.2 Å². The normalized spacial score (nSPS) is 16.5. The van der Waals surface area contributed by atoms with Gasteiger partial charge in [0.1, 0.15) is 0 Å². The molecule has 4 heterocycles. The third-order valence-corrected chi connectivity index (χ3v) is 5.52. The number of rotatable bonds is 5. The Labute approximate surface area is 156 Å². The Bertz CT molecular complexity index is 890. The van der Waals surface area contributed by atoms with Crippen LogP contribution in [0.4, 0.5) is 0 Å². The molecular weight excluding hydrogens is 348 g/mol. The molecule has 0 spiro atoms. The summed E-state index contributed by atoms with van der Waals surface area (Å²) in [5, 5.41) is 6.39. The van der Waals surface area contributed by atoms with Crippen molar-refractivity contribution in [1.82, 2.24) is 19.7 Å². The fourth-order valence-corrected chi connectivity index (χ4v) is 4.08. The number of amides is 1. The molecule has 0 saturated carbocycles. The van der Waals surface area contributed by atoms with Crippen LogP contribution in [0.1, 0.15) is 32.7 Å². The van der Waals surface area contributed by atoms with E-state index in [1.165, 1.54) is 11.3 Å². The number of ether oxygens (including phenoxy) is 1. The highest BCUT2D eigenvalue weighted by Crippen LogP contribution is 2.25. The van der Waals surface area contributed by atoms with Crippen LogP contribution in [0.25, 0.3) is 0 Å². The standard InChI is InChI=1S/C19H20N4O2S/c1-14-6-9-26-18(14)19(24)22-10-16-5-8-21-23(16)17(11-22)13-25-12-15-4-2-3-7-20-15/h2-9,17H,10-13H2,1H3/t17-/m0/s1. The van der Waals surface area contributed by atoms with Crippen LogP contribution in [0, 0.1) is 6.92 Å². The Balaban J connectivity index is 1.46. The zero-order chi connectivity index (χ0) is 17.9. The Hall–Kier alpha value is -2.51. The van der Waals surface area contributed by atoms with Gasteiger partial charge in [0.25, 0.3) is 5.91 Å². The van der Waals surface area contributed by atoms with Crippen molar-refractivity contribution in [2.75, 3.05) is 13.2 Å². The van der Waals surface area contributed by atoms with Crippen molar-refractivity contribution in [2.45, 2.75) is 26.1 Å². The number of hydrogen-bond donors (Lipinski definition) is 0. The third kappa shape index (κ3) is 3.40. The summed E-state index contributed by atoms with van der Waals surface area (Å²) in [4.78, 5) is 19.9. The molecule has 1 aliphatic heterocycles. The summed E-state index contributed by atoms with van der Waals surface area (Å²) in [6.07, 6.45) is 3.54. The number of pyridine rings is 1. The van der Waals surface area contributed by atoms with E-state index < -0.39 is 0 Å². The first-order chi connectivity index (χ1) is 12.7. The fraction of sp³-hybridized carbons (Fsp3) is 0.316. The number of aryl methyl sites for hydroxylation is 1. The summed E-state index contributed by atoms with van der Waals surface area (Å²) in [7, 11) is 0. The molecule has 0 aromatic carbocycles. The van der Waals surface area contributed by atoms with E-state index in [0.717, 1.165) is 21.8 Å². The minimum absolute atomic E-state index is 0.00156. The van der Waals surface area contributed by atoms with Gasteiger partial charge in [0.15, 0.2) is 0 Å². The highest BCUT2D eigenvalue weighted by atomic mass is 32.1. The summed E-state index contributed by atoms with van der Waals surface area (Å²) >= 11 is 1.50. The van der Waals surface area contributed by atoms with E-state index in [0.29, 0.717) is 26.3 Å². The second-order valence-electron chi connectivity index (χ2n) is 6.38. The monoisotopic (exact) mass is 368 g/mol. The maximum absolute atomic E-state index is 12.9. The van der Waals surface area contributed by atoms with Crippen molar-refractivity contribution in [2.24, 2.45) is 0 Å². The van der Waals surface area contributed by atoms with Crippen molar-refractivity contribution in [3.63, 3.8) is 0 Å². The molecule has 6 nitrogen and oxygen atoms in total. The van der Waals surface area contributed by atoms with Crippen LogP contribution < -0.4 is 0 Å². The van der Waals surface area contributed by atoms with Gasteiger partial charge >= 0.3 is 0 Å². The zero-order valence-corrected chi connectivity index (χ0v) is 15.4. The number of carbonyl (C=O) groups excluding carboxylic acids is 1. The molecule has 0 radical (unpaired) electrons. The summed E-state index contributed by atoms with van der Waals surface area (Å²) in [5.41, 5.74) is 2.96. The summed E-state index contributed by atoms with van der Waals surface area (Å²) in [6.45, 7) is 4.08. The minimum Gasteiger partial charge on any atom is -0.373 e. The molecule has 7 heteroatoms. The zero-order valence-electron chi connectivity index (χ0n) is 14.5. The summed E-state index contributed by atoms with van der Waals surface area (Å²) < 4.78 is 7.84. The first-order valence-corrected chi connectivity index (χ1v) is 9.44. The van der Waals surface area contributed by atoms with E-state index in [4.69, 9.17) is 4.74 Å². The van der Waals surface area contributed by atoms with Gasteiger partial charge in [0.05, 0.1) is 42.1 Å². The molecule has 3 aromatic rings. The number of fused-ring (bicyclic) bond motifs is 1. The van der Waals surface area contributed by atoms with E-state index in [1.54, 1.807) is 12.4 Å². The van der Waals surface area contributed by atoms with Gasteiger partial charge in [0, 0.05) is 18.9 Å². The Morgan fingerprint density at radius 2 is 2.23 bits per heavy atom. The Kier molecular flexibility index (Phi) is 4.81. The molecule has 4 rings (SSSR count). The maximum atomic E-state index is 12.9. The molecule has 0 saturated heterocycles. The van der Waals surface area contributed by atoms with Crippen LogP contribution in [0.5, 0.6) is 0 Å². The Morgan fingerprint density at radius 1 is 1.31 bits per heavy atom. The van der Waals surface area contributed by atoms with E-state index in [9.17, 15) is 4.79 Å². The second-order valence-corrected chi connectivity index (χ2v) is 7.29. The first kappa shape index (κ1) is 16.9. The highest BCUT2D eigenvalue weighted by molar-refractivity contribution is 7.12. The molecule has 1 amide bonds. The van der Waals surface area contributed by atoms with Crippen molar-refractivity contribution in [3.8, 4) is 0 Å². The number of nitrogens with zero attached hydrogens (tertiary/aromatic N) is 4. The van der Waals surface area contributed by atoms with E-state index in [2.05, 4.69) is 10.1 Å². The van der Waals surface area contributed by atoms with Crippen LogP contribution >= 0.6 is 11.3 Å². The molecular formula is C19H20N4O2S. The molecule has 0 bridgehead atoms. The van der Waals surface area contributed by atoms with Gasteiger partial charge in [-0.2, -0.15) is 5.10 Å². The van der Waals surface area contributed by atoms with Gasteiger partial charge in [-0.25, -0.2) is 0 Å². The smallest absolute Gasteiger partial charge is 0.264 e. The van der Waals surface area contributed by atoms with E-state index >= 15 is 0 Å². The lowest BCUT2D eigenvalue weighted by Gasteiger charge is -2.33. The SMILES string of the molecule is Cc1ccsc1C(=O)N1Cc2ccnn2[C@H](COCc2ccccn2)C1. The predicted octanol–water partition coefficient (Wildman–Crippen LogP) is 3.06. The lowest BCUT2D eigenvalue weighted by atomic mass is 10.1. The van der Waals surface area contributed by atoms with Gasteiger partial charge in [0.2, 0.25) is 0 Å². The van der Waals surface area contributed by atoms with Crippen molar-refractivity contribution >= 4 is 17.2 Å². The van der Waals surface area contributed by atoms with Crippen molar-refractivity contribution in [3.05, 3.63) is 69.9 Å². The van der Waals surface area contributed by atoms with Crippen LogP contribution in [0.3, 0.4) is 0 Å². The summed E-state index contributed by atoms with van der Waals surface area (Å²) in [5.74, 6) is 0.0830. The molecule has 0 unspecified atom stereocenters. The lowest BCUT2D eigenvalue weighted by molar-refractivity contribution is 0.0443. The lowest BCUT2D eigenvalue weighted by Crippen LogP contribution is -2.42. The molecule has 26 heavy (non-hydrogen) atoms. The number of thiophene rings is 1. The number of carbonyl (C=O) groups is 1. The van der Waals surface area contributed by atoms with Crippen LogP contribution in [0.15, 0.2) is 48.1 Å². The molecule has 0 aliphatic carbocycles. The average Bonchev–Trinajstić information content (AvgIpc) is 3.30.